The van der Waals surface area contributed by atoms with Gasteiger partial charge in [-0.1, -0.05) is 27.7 Å². The quantitative estimate of drug-likeness (QED) is 0.118. The van der Waals surface area contributed by atoms with E-state index in [1.807, 2.05) is 55.4 Å². The summed E-state index contributed by atoms with van der Waals surface area (Å²) in [5.41, 5.74) is -1.50. The predicted molar refractivity (Wildman–Crippen MR) is 180 cm³/mol. The minimum Gasteiger partial charge on any atom is -0.389 e. The van der Waals surface area contributed by atoms with Crippen molar-refractivity contribution < 1.29 is 30.1 Å². The van der Waals surface area contributed by atoms with Gasteiger partial charge in [0.05, 0.1) is 37.6 Å². The first-order chi connectivity index (χ1) is 20.4. The number of hydrogen-bond acceptors (Lipinski definition) is 11. The van der Waals surface area contributed by atoms with Gasteiger partial charge in [0.2, 0.25) is 0 Å². The molecule has 2 saturated heterocycles. The third-order valence-electron chi connectivity index (χ3n) is 9.43. The molecule has 0 radical (unpaired) electrons. The monoisotopic (exact) mass is 646 g/mol. The van der Waals surface area contributed by atoms with Gasteiger partial charge >= 0.3 is 0 Å². The third-order valence-corrected chi connectivity index (χ3v) is 9.43. The highest BCUT2D eigenvalue weighted by Crippen LogP contribution is 2.39. The fourth-order valence-electron chi connectivity index (χ4n) is 7.22. The van der Waals surface area contributed by atoms with Crippen LogP contribution in [0, 0.1) is 10.8 Å². The van der Waals surface area contributed by atoms with Crippen LogP contribution in [0.5, 0.6) is 0 Å². The number of aliphatic hydroxyl groups is 2. The first kappa shape index (κ1) is 40.7. The molecular weight excluding hydrogens is 574 g/mol. The number of rotatable bonds is 18. The van der Waals surface area contributed by atoms with E-state index >= 15 is 0 Å². The summed E-state index contributed by atoms with van der Waals surface area (Å²) in [5, 5.41) is 55.4. The van der Waals surface area contributed by atoms with E-state index in [1.165, 1.54) is 10.1 Å². The Labute approximate surface area is 274 Å². The summed E-state index contributed by atoms with van der Waals surface area (Å²) in [7, 11) is 0. The number of piperidine rings is 2. The van der Waals surface area contributed by atoms with Crippen LogP contribution >= 0.6 is 0 Å². The van der Waals surface area contributed by atoms with Crippen molar-refractivity contribution in [3.63, 3.8) is 0 Å². The molecule has 0 saturated carbocycles. The van der Waals surface area contributed by atoms with Gasteiger partial charge in [-0.25, -0.2) is 0 Å². The molecule has 2 aliphatic rings. The maximum Gasteiger partial charge on any atom is 0.0897 e. The number of nitrogens with one attached hydrogen (secondary N) is 3. The molecule has 45 heavy (non-hydrogen) atoms. The fraction of sp³-hybridized carbons (Fsp3) is 1.00. The van der Waals surface area contributed by atoms with Crippen molar-refractivity contribution in [2.45, 2.75) is 155 Å². The molecule has 268 valence electrons. The SMILES string of the molecule is CC(C)(CNCC(O)COC1CC(C)(C)N(O)C(C)(C)C1)CNCC(C)(C)CNCC(O)COC1CC(C)(C)N(O)C(C)(C)C1. The summed E-state index contributed by atoms with van der Waals surface area (Å²) in [6.07, 6.45) is 1.68. The summed E-state index contributed by atoms with van der Waals surface area (Å²) in [5.74, 6) is 0. The van der Waals surface area contributed by atoms with Crippen LogP contribution in [0.1, 0.15) is 109 Å². The third kappa shape index (κ3) is 13.2. The van der Waals surface area contributed by atoms with Crippen molar-refractivity contribution in [2.75, 3.05) is 52.5 Å². The molecule has 0 aromatic carbocycles. The number of nitrogens with zero attached hydrogens (tertiary/aromatic N) is 2. The van der Waals surface area contributed by atoms with Gasteiger partial charge in [0.1, 0.15) is 0 Å². The van der Waals surface area contributed by atoms with Gasteiger partial charge in [0, 0.05) is 61.4 Å². The predicted octanol–water partition coefficient (Wildman–Crippen LogP) is 3.38. The van der Waals surface area contributed by atoms with Crippen LogP contribution in [0.3, 0.4) is 0 Å². The zero-order valence-corrected chi connectivity index (χ0v) is 30.8. The molecule has 2 rings (SSSR count). The van der Waals surface area contributed by atoms with Crippen molar-refractivity contribution in [1.82, 2.24) is 26.1 Å². The first-order valence-corrected chi connectivity index (χ1v) is 17.1. The topological polar surface area (TPSA) is 142 Å². The van der Waals surface area contributed by atoms with Crippen molar-refractivity contribution in [2.24, 2.45) is 10.8 Å². The molecule has 0 bridgehead atoms. The van der Waals surface area contributed by atoms with Gasteiger partial charge < -0.3 is 46.1 Å². The summed E-state index contributed by atoms with van der Waals surface area (Å²) >= 11 is 0. The average Bonchev–Trinajstić information content (AvgIpc) is 2.87. The molecule has 11 nitrogen and oxygen atoms in total. The Morgan fingerprint density at radius 1 is 0.578 bits per heavy atom. The van der Waals surface area contributed by atoms with E-state index in [2.05, 4.69) is 43.6 Å². The summed E-state index contributed by atoms with van der Waals surface area (Å²) < 4.78 is 12.2. The van der Waals surface area contributed by atoms with E-state index in [-0.39, 0.29) is 58.4 Å². The van der Waals surface area contributed by atoms with E-state index in [9.17, 15) is 20.6 Å². The van der Waals surface area contributed by atoms with E-state index in [0.29, 0.717) is 13.1 Å². The molecule has 2 atom stereocenters. The molecule has 2 aliphatic heterocycles. The molecular formula is C34H71N5O6. The zero-order valence-electron chi connectivity index (χ0n) is 30.8. The van der Waals surface area contributed by atoms with Crippen LogP contribution in [-0.2, 0) is 9.47 Å². The summed E-state index contributed by atoms with van der Waals surface area (Å²) in [6.45, 7) is 29.6. The number of aliphatic hydroxyl groups excluding tert-OH is 2. The first-order valence-electron chi connectivity index (χ1n) is 17.1. The van der Waals surface area contributed by atoms with Gasteiger partial charge in [-0.05, 0) is 91.9 Å². The van der Waals surface area contributed by atoms with E-state index < -0.39 is 12.2 Å². The lowest BCUT2D eigenvalue weighted by molar-refractivity contribution is -0.262. The van der Waals surface area contributed by atoms with E-state index in [0.717, 1.165) is 51.9 Å². The van der Waals surface area contributed by atoms with Crippen molar-refractivity contribution in [3.05, 3.63) is 0 Å². The Morgan fingerprint density at radius 3 is 1.13 bits per heavy atom. The minimum atomic E-state index is -0.592. The van der Waals surface area contributed by atoms with Crippen LogP contribution in [0.15, 0.2) is 0 Å². The molecule has 11 heteroatoms. The van der Waals surface area contributed by atoms with E-state index in [4.69, 9.17) is 9.47 Å². The molecule has 0 aromatic heterocycles. The maximum absolute atomic E-state index is 10.5. The molecule has 7 N–H and O–H groups in total. The highest BCUT2D eigenvalue weighted by atomic mass is 16.5. The van der Waals surface area contributed by atoms with Crippen LogP contribution in [0.4, 0.5) is 0 Å². The lowest BCUT2D eigenvalue weighted by Gasteiger charge is -2.51. The van der Waals surface area contributed by atoms with Gasteiger partial charge in [-0.15, -0.1) is 0 Å². The van der Waals surface area contributed by atoms with Gasteiger partial charge in [-0.2, -0.15) is 10.1 Å². The highest BCUT2D eigenvalue weighted by molar-refractivity contribution is 4.98. The van der Waals surface area contributed by atoms with Crippen LogP contribution in [0.2, 0.25) is 0 Å². The highest BCUT2D eigenvalue weighted by Gasteiger charge is 2.46. The van der Waals surface area contributed by atoms with Gasteiger partial charge in [0.25, 0.3) is 0 Å². The summed E-state index contributed by atoms with van der Waals surface area (Å²) in [6, 6.07) is 0. The maximum atomic E-state index is 10.5. The number of hydrogen-bond donors (Lipinski definition) is 7. The smallest absolute Gasteiger partial charge is 0.0897 e. The average molecular weight is 646 g/mol. The normalized spacial score (nSPS) is 24.5. The van der Waals surface area contributed by atoms with Crippen molar-refractivity contribution >= 4 is 0 Å². The Morgan fingerprint density at radius 2 is 0.844 bits per heavy atom. The Kier molecular flexibility index (Phi) is 14.3. The standard InChI is InChI=1S/C34H71N5O6/c1-29(2,21-35-17-25(40)19-44-27-13-31(5,6)38(42)32(7,8)14-27)23-37-24-30(3,4)22-36-18-26(41)20-45-28-15-33(9,10)39(43)34(11,12)16-28/h25-28,35-37,40-43H,13-24H2,1-12H3. The van der Waals surface area contributed by atoms with Crippen LogP contribution < -0.4 is 16.0 Å². The lowest BCUT2D eigenvalue weighted by Crippen LogP contribution is -2.60. The van der Waals surface area contributed by atoms with Gasteiger partial charge in [0.15, 0.2) is 0 Å². The Hall–Kier alpha value is -0.440. The van der Waals surface area contributed by atoms with Crippen molar-refractivity contribution in [3.8, 4) is 0 Å². The fourth-order valence-corrected chi connectivity index (χ4v) is 7.22. The zero-order chi connectivity index (χ0) is 34.5. The number of hydroxylamine groups is 4. The largest absolute Gasteiger partial charge is 0.389 e. The van der Waals surface area contributed by atoms with Crippen LogP contribution in [0.25, 0.3) is 0 Å². The second kappa shape index (κ2) is 15.8. The molecule has 0 aromatic rings. The lowest BCUT2D eigenvalue weighted by atomic mass is 9.80. The second-order valence-electron chi connectivity index (χ2n) is 18.1. The summed E-state index contributed by atoms with van der Waals surface area (Å²) in [4.78, 5) is 0. The molecule has 2 fully saturated rings. The second-order valence-corrected chi connectivity index (χ2v) is 18.1. The molecule has 2 unspecified atom stereocenters. The Bertz CT molecular complexity index is 790. The molecule has 2 heterocycles. The van der Waals surface area contributed by atoms with Crippen LogP contribution in [-0.4, -0.2) is 130 Å². The van der Waals surface area contributed by atoms with E-state index in [1.54, 1.807) is 0 Å². The molecule has 0 aliphatic carbocycles. The Balaban J connectivity index is 1.60. The van der Waals surface area contributed by atoms with Gasteiger partial charge in [-0.3, -0.25) is 0 Å². The van der Waals surface area contributed by atoms with Crippen molar-refractivity contribution in [1.29, 1.82) is 0 Å². The molecule has 0 amide bonds. The minimum absolute atomic E-state index is 0.000635. The number of ether oxygens (including phenoxy) is 2. The molecule has 0 spiro atoms.